The highest BCUT2D eigenvalue weighted by molar-refractivity contribution is 14.1. The number of hydrogen-bond donors (Lipinski definition) is 2. The van der Waals surface area contributed by atoms with Crippen LogP contribution < -0.4 is 5.73 Å². The maximum absolute atomic E-state index is 13.0. The molecule has 140 valence electrons. The SMILES string of the molecule is C=C/C(=C\I)N1C(=C)N(C)C(=O)C12CCN(C(O)[C@H](N)C(C)C)CC2. The number of piperidine rings is 1. The quantitative estimate of drug-likeness (QED) is 0.484. The molecule has 6 nitrogen and oxygen atoms in total. The van der Waals surface area contributed by atoms with Crippen molar-refractivity contribution in [1.29, 1.82) is 0 Å². The standard InChI is InChI=1S/C18H29IN4O2/c1-6-14(11-19)23-13(4)21(5)17(25)18(23)7-9-22(10-8-18)16(24)15(20)12(2)3/h6,11-12,15-16,24H,1,4,7-10,20H2,2-3,5H3/b14-11+/t15-,16?/m1/s1. The topological polar surface area (TPSA) is 73.0 Å². The summed E-state index contributed by atoms with van der Waals surface area (Å²) in [5.74, 6) is 0.911. The fourth-order valence-electron chi connectivity index (χ4n) is 3.69. The van der Waals surface area contributed by atoms with Crippen LogP contribution in [0.25, 0.3) is 0 Å². The van der Waals surface area contributed by atoms with Crippen LogP contribution in [-0.2, 0) is 4.79 Å². The Morgan fingerprint density at radius 1 is 1.40 bits per heavy atom. The van der Waals surface area contributed by atoms with Crippen molar-refractivity contribution in [3.05, 3.63) is 34.8 Å². The van der Waals surface area contributed by atoms with Crippen molar-refractivity contribution in [2.45, 2.75) is 44.5 Å². The van der Waals surface area contributed by atoms with Gasteiger partial charge in [-0.25, -0.2) is 0 Å². The van der Waals surface area contributed by atoms with Gasteiger partial charge in [-0.2, -0.15) is 0 Å². The highest BCUT2D eigenvalue weighted by Crippen LogP contribution is 2.43. The van der Waals surface area contributed by atoms with Gasteiger partial charge in [0.1, 0.15) is 17.6 Å². The molecule has 0 aromatic heterocycles. The molecular formula is C18H29IN4O2. The zero-order valence-electron chi connectivity index (χ0n) is 15.3. The van der Waals surface area contributed by atoms with Gasteiger partial charge in [-0.3, -0.25) is 14.6 Å². The summed E-state index contributed by atoms with van der Waals surface area (Å²) >= 11 is 2.16. The molecule has 2 aliphatic heterocycles. The van der Waals surface area contributed by atoms with Gasteiger partial charge in [0.05, 0.1) is 0 Å². The van der Waals surface area contributed by atoms with E-state index in [2.05, 4.69) is 35.7 Å². The van der Waals surface area contributed by atoms with E-state index < -0.39 is 11.8 Å². The molecule has 0 bridgehead atoms. The Balaban J connectivity index is 2.25. The number of amides is 1. The van der Waals surface area contributed by atoms with Crippen molar-refractivity contribution >= 4 is 28.5 Å². The third kappa shape index (κ3) is 3.39. The predicted molar refractivity (Wildman–Crippen MR) is 108 cm³/mol. The predicted octanol–water partition coefficient (Wildman–Crippen LogP) is 1.83. The normalized spacial score (nSPS) is 24.4. The molecule has 2 fully saturated rings. The summed E-state index contributed by atoms with van der Waals surface area (Å²) in [6.07, 6.45) is 2.28. The minimum Gasteiger partial charge on any atom is -0.377 e. The molecule has 7 heteroatoms. The summed E-state index contributed by atoms with van der Waals surface area (Å²) < 4.78 is 1.92. The molecule has 0 radical (unpaired) electrons. The Labute approximate surface area is 164 Å². The van der Waals surface area contributed by atoms with Crippen LogP contribution in [0.2, 0.25) is 0 Å². The minimum atomic E-state index is -0.692. The first-order valence-corrected chi connectivity index (χ1v) is 9.83. The number of hydrogen-bond acceptors (Lipinski definition) is 5. The summed E-state index contributed by atoms with van der Waals surface area (Å²) in [6.45, 7) is 13.2. The molecule has 2 atom stereocenters. The van der Waals surface area contributed by atoms with E-state index in [4.69, 9.17) is 5.73 Å². The maximum atomic E-state index is 13.0. The molecule has 0 saturated carbocycles. The summed E-state index contributed by atoms with van der Waals surface area (Å²) in [7, 11) is 1.76. The molecule has 1 amide bonds. The number of nitrogens with zero attached hydrogens (tertiary/aromatic N) is 3. The fraction of sp³-hybridized carbons (Fsp3) is 0.611. The van der Waals surface area contributed by atoms with Crippen molar-refractivity contribution in [1.82, 2.24) is 14.7 Å². The average Bonchev–Trinajstić information content (AvgIpc) is 2.78. The maximum Gasteiger partial charge on any atom is 0.254 e. The zero-order valence-corrected chi connectivity index (χ0v) is 17.4. The van der Waals surface area contributed by atoms with Gasteiger partial charge in [-0.1, -0.05) is 49.6 Å². The molecule has 1 spiro atoms. The van der Waals surface area contributed by atoms with E-state index in [1.807, 2.05) is 27.7 Å². The molecule has 3 N–H and O–H groups in total. The Bertz CT molecular complexity index is 582. The number of rotatable bonds is 5. The zero-order chi connectivity index (χ0) is 18.9. The van der Waals surface area contributed by atoms with E-state index >= 15 is 0 Å². The van der Waals surface area contributed by atoms with Gasteiger partial charge in [0.25, 0.3) is 5.91 Å². The lowest BCUT2D eigenvalue weighted by Crippen LogP contribution is -2.60. The van der Waals surface area contributed by atoms with Crippen molar-refractivity contribution in [2.24, 2.45) is 11.7 Å². The Hall–Kier alpha value is -0.900. The first kappa shape index (κ1) is 20.4. The van der Waals surface area contributed by atoms with E-state index in [1.165, 1.54) is 0 Å². The van der Waals surface area contributed by atoms with Gasteiger partial charge in [0.2, 0.25) is 0 Å². The number of nitrogens with two attached hydrogens (primary N) is 1. The number of aliphatic hydroxyl groups excluding tert-OH is 1. The molecule has 1 unspecified atom stereocenters. The second-order valence-corrected chi connectivity index (χ2v) is 7.78. The number of carbonyl (C=O) groups excluding carboxylic acids is 1. The number of carbonyl (C=O) groups is 1. The van der Waals surface area contributed by atoms with Gasteiger partial charge >= 0.3 is 0 Å². The first-order chi connectivity index (χ1) is 11.7. The summed E-state index contributed by atoms with van der Waals surface area (Å²) in [6, 6.07) is -0.306. The van der Waals surface area contributed by atoms with Gasteiger partial charge in [-0.05, 0) is 24.8 Å². The molecule has 2 saturated heterocycles. The molecule has 2 aliphatic rings. The highest BCUT2D eigenvalue weighted by Gasteiger charge is 2.55. The average molecular weight is 460 g/mol. The Kier molecular flexibility index (Phi) is 6.35. The second-order valence-electron chi connectivity index (χ2n) is 7.16. The van der Waals surface area contributed by atoms with Crippen molar-refractivity contribution in [3.63, 3.8) is 0 Å². The third-order valence-corrected chi connectivity index (χ3v) is 6.11. The number of halogens is 1. The Morgan fingerprint density at radius 2 is 1.96 bits per heavy atom. The van der Waals surface area contributed by atoms with Crippen LogP contribution in [0.1, 0.15) is 26.7 Å². The fourth-order valence-corrected chi connectivity index (χ4v) is 4.22. The summed E-state index contributed by atoms with van der Waals surface area (Å²) in [5, 5.41) is 10.5. The lowest BCUT2D eigenvalue weighted by molar-refractivity contribution is -0.136. The lowest BCUT2D eigenvalue weighted by Gasteiger charge is -2.45. The van der Waals surface area contributed by atoms with Crippen LogP contribution in [-0.4, -0.2) is 63.7 Å². The van der Waals surface area contributed by atoms with Crippen LogP contribution in [0.4, 0.5) is 0 Å². The summed E-state index contributed by atoms with van der Waals surface area (Å²) in [5.41, 5.74) is 6.32. The van der Waals surface area contributed by atoms with Gasteiger partial charge in [0.15, 0.2) is 0 Å². The van der Waals surface area contributed by atoms with Crippen LogP contribution in [0.5, 0.6) is 0 Å². The van der Waals surface area contributed by atoms with Crippen molar-refractivity contribution in [2.75, 3.05) is 20.1 Å². The Morgan fingerprint density at radius 3 is 2.40 bits per heavy atom. The summed E-state index contributed by atoms with van der Waals surface area (Å²) in [4.78, 5) is 18.6. The van der Waals surface area contributed by atoms with Gasteiger partial charge < -0.3 is 15.7 Å². The van der Waals surface area contributed by atoms with Crippen LogP contribution in [0, 0.1) is 5.92 Å². The van der Waals surface area contributed by atoms with Gasteiger partial charge in [-0.15, -0.1) is 0 Å². The van der Waals surface area contributed by atoms with Crippen LogP contribution in [0.15, 0.2) is 34.8 Å². The van der Waals surface area contributed by atoms with E-state index in [-0.39, 0.29) is 17.9 Å². The van der Waals surface area contributed by atoms with Crippen LogP contribution >= 0.6 is 22.6 Å². The van der Waals surface area contributed by atoms with E-state index in [0.29, 0.717) is 31.8 Å². The second kappa shape index (κ2) is 7.77. The molecule has 25 heavy (non-hydrogen) atoms. The first-order valence-electron chi connectivity index (χ1n) is 8.59. The number of likely N-dealkylation sites (tertiary alicyclic amines) is 1. The molecule has 0 aromatic carbocycles. The van der Waals surface area contributed by atoms with Crippen molar-refractivity contribution < 1.29 is 9.90 Å². The van der Waals surface area contributed by atoms with E-state index in [0.717, 1.165) is 5.70 Å². The molecular weight excluding hydrogens is 431 g/mol. The highest BCUT2D eigenvalue weighted by atomic mass is 127. The minimum absolute atomic E-state index is 0.0531. The molecule has 2 heterocycles. The molecule has 2 rings (SSSR count). The third-order valence-electron chi connectivity index (χ3n) is 5.47. The van der Waals surface area contributed by atoms with Crippen molar-refractivity contribution in [3.8, 4) is 0 Å². The largest absolute Gasteiger partial charge is 0.377 e. The molecule has 0 aromatic rings. The number of likely N-dealkylation sites (N-methyl/N-ethyl adjacent to an activating group) is 1. The van der Waals surface area contributed by atoms with Gasteiger partial charge in [0, 0.05) is 36.0 Å². The van der Waals surface area contributed by atoms with E-state index in [1.54, 1.807) is 18.0 Å². The number of aliphatic hydroxyl groups is 1. The van der Waals surface area contributed by atoms with Crippen LogP contribution in [0.3, 0.4) is 0 Å². The lowest BCUT2D eigenvalue weighted by atomic mass is 9.85. The monoisotopic (exact) mass is 460 g/mol. The smallest absolute Gasteiger partial charge is 0.254 e. The molecule has 0 aliphatic carbocycles. The number of allylic oxidation sites excluding steroid dienone is 1. The van der Waals surface area contributed by atoms with E-state index in [9.17, 15) is 9.90 Å².